The quantitative estimate of drug-likeness (QED) is 0.668. The van der Waals surface area contributed by atoms with E-state index in [1.165, 1.54) is 12.1 Å². The van der Waals surface area contributed by atoms with Crippen molar-refractivity contribution in [1.29, 1.82) is 0 Å². The van der Waals surface area contributed by atoms with E-state index in [1.54, 1.807) is 31.2 Å². The highest BCUT2D eigenvalue weighted by molar-refractivity contribution is 5.88. The second-order valence-corrected chi connectivity index (χ2v) is 4.45. The van der Waals surface area contributed by atoms with Crippen LogP contribution in [0.1, 0.15) is 12.5 Å². The van der Waals surface area contributed by atoms with Gasteiger partial charge < -0.3 is 20.9 Å². The fraction of sp³-hybridized carbons (Fsp3) is 0.250. The molecule has 0 radical (unpaired) electrons. The Morgan fingerprint density at radius 3 is 2.50 bits per heavy atom. The fourth-order valence-electron chi connectivity index (χ4n) is 1.75. The van der Waals surface area contributed by atoms with Gasteiger partial charge in [-0.1, -0.05) is 12.1 Å². The van der Waals surface area contributed by atoms with E-state index >= 15 is 0 Å². The van der Waals surface area contributed by atoms with E-state index in [2.05, 4.69) is 15.6 Å². The number of aliphatic hydroxyl groups is 1. The summed E-state index contributed by atoms with van der Waals surface area (Å²) in [5.41, 5.74) is 7.08. The van der Waals surface area contributed by atoms with Gasteiger partial charge in [0.15, 0.2) is 0 Å². The molecule has 130 valence electrons. The zero-order valence-corrected chi connectivity index (χ0v) is 13.5. The number of aliphatic hydroxyl groups excluding tert-OH is 1. The van der Waals surface area contributed by atoms with Crippen molar-refractivity contribution in [2.24, 2.45) is 0 Å². The fourth-order valence-corrected chi connectivity index (χ4v) is 1.75. The Bertz CT molecular complexity index is 650. The van der Waals surface area contributed by atoms with E-state index in [0.717, 1.165) is 12.7 Å². The Hall–Kier alpha value is -2.87. The normalized spacial score (nSPS) is 9.50. The lowest BCUT2D eigenvalue weighted by molar-refractivity contribution is 0.168. The molecular weight excluding hydrogens is 315 g/mol. The molecule has 24 heavy (non-hydrogen) atoms. The van der Waals surface area contributed by atoms with E-state index in [1.807, 2.05) is 0 Å². The van der Waals surface area contributed by atoms with Crippen LogP contribution in [0.15, 0.2) is 36.4 Å². The number of hydrogen-bond acceptors (Lipinski definition) is 6. The van der Waals surface area contributed by atoms with Crippen LogP contribution in [0, 0.1) is 5.82 Å². The molecule has 0 aliphatic carbocycles. The summed E-state index contributed by atoms with van der Waals surface area (Å²) in [4.78, 5) is 15.5. The number of nitrogen functional groups attached to an aromatic ring is 1. The Morgan fingerprint density at radius 1 is 1.25 bits per heavy atom. The second-order valence-electron chi connectivity index (χ2n) is 4.45. The van der Waals surface area contributed by atoms with E-state index in [9.17, 15) is 9.18 Å². The number of ether oxygens (including phenoxy) is 1. The molecule has 0 saturated heterocycles. The van der Waals surface area contributed by atoms with Crippen LogP contribution in [0.4, 0.5) is 26.5 Å². The van der Waals surface area contributed by atoms with E-state index in [4.69, 9.17) is 15.6 Å². The molecule has 5 N–H and O–H groups in total. The van der Waals surface area contributed by atoms with Crippen molar-refractivity contribution >= 4 is 23.4 Å². The van der Waals surface area contributed by atoms with Crippen LogP contribution in [-0.4, -0.2) is 29.9 Å². The first-order chi connectivity index (χ1) is 11.6. The van der Waals surface area contributed by atoms with Gasteiger partial charge in [0.2, 0.25) is 0 Å². The van der Waals surface area contributed by atoms with Crippen molar-refractivity contribution in [2.45, 2.75) is 13.5 Å². The van der Waals surface area contributed by atoms with Crippen LogP contribution < -0.4 is 16.4 Å². The number of nitrogens with zero attached hydrogens (tertiary/aromatic N) is 1. The van der Waals surface area contributed by atoms with Crippen molar-refractivity contribution in [2.75, 3.05) is 30.1 Å². The number of hydrogen-bond donors (Lipinski definition) is 4. The number of pyridine rings is 1. The molecule has 0 aliphatic heterocycles. The van der Waals surface area contributed by atoms with Gasteiger partial charge in [0.05, 0.1) is 12.3 Å². The van der Waals surface area contributed by atoms with Gasteiger partial charge in [0.1, 0.15) is 17.5 Å². The van der Waals surface area contributed by atoms with Crippen molar-refractivity contribution in [3.63, 3.8) is 0 Å². The maximum absolute atomic E-state index is 12.8. The van der Waals surface area contributed by atoms with Crippen molar-refractivity contribution in [1.82, 2.24) is 4.98 Å². The minimum Gasteiger partial charge on any atom is -0.450 e. The summed E-state index contributed by atoms with van der Waals surface area (Å²) in [5.74, 6) is 0.453. The van der Waals surface area contributed by atoms with Crippen LogP contribution in [0.5, 0.6) is 0 Å². The first-order valence-corrected chi connectivity index (χ1v) is 7.22. The van der Waals surface area contributed by atoms with E-state index in [-0.39, 0.29) is 18.2 Å². The summed E-state index contributed by atoms with van der Waals surface area (Å²) in [5, 5.41) is 12.6. The molecule has 2 rings (SSSR count). The molecule has 0 saturated carbocycles. The number of halogens is 1. The standard InChI is InChI=1S/C15H17FN4O2.CH4O/c1-2-22-15(21)19-12-7-8-13(20-14(12)17)18-9-10-3-5-11(16)6-4-10;1-2/h3-8H,2,9H2,1H3,(H,19,21)(H3,17,18,20);2H,1H3. The number of nitrogens with one attached hydrogen (secondary N) is 2. The largest absolute Gasteiger partial charge is 0.450 e. The number of carbonyl (C=O) groups is 1. The lowest BCUT2D eigenvalue weighted by Gasteiger charge is -2.10. The van der Waals surface area contributed by atoms with Gasteiger partial charge in [0, 0.05) is 13.7 Å². The monoisotopic (exact) mass is 336 g/mol. The average molecular weight is 336 g/mol. The zero-order chi connectivity index (χ0) is 17.9. The molecule has 1 heterocycles. The van der Waals surface area contributed by atoms with Crippen molar-refractivity contribution in [3.8, 4) is 0 Å². The third-order valence-electron chi connectivity index (χ3n) is 2.82. The highest BCUT2D eigenvalue weighted by atomic mass is 19.1. The topological polar surface area (TPSA) is 110 Å². The van der Waals surface area contributed by atoms with Gasteiger partial charge >= 0.3 is 6.09 Å². The Balaban J connectivity index is 0.00000139. The summed E-state index contributed by atoms with van der Waals surface area (Å²) in [7, 11) is 1.00. The Morgan fingerprint density at radius 2 is 1.92 bits per heavy atom. The number of amides is 1. The molecule has 8 heteroatoms. The number of benzene rings is 1. The molecule has 0 fully saturated rings. The van der Waals surface area contributed by atoms with E-state index in [0.29, 0.717) is 18.1 Å². The number of rotatable bonds is 5. The summed E-state index contributed by atoms with van der Waals surface area (Å²) in [6.07, 6.45) is -0.581. The molecule has 0 bridgehead atoms. The molecule has 0 spiro atoms. The predicted molar refractivity (Wildman–Crippen MR) is 91.2 cm³/mol. The highest BCUT2D eigenvalue weighted by Gasteiger charge is 2.07. The molecule has 1 aromatic heterocycles. The van der Waals surface area contributed by atoms with Crippen LogP contribution in [0.3, 0.4) is 0 Å². The van der Waals surface area contributed by atoms with Gasteiger partial charge in [-0.2, -0.15) is 0 Å². The van der Waals surface area contributed by atoms with Gasteiger partial charge in [-0.05, 0) is 36.8 Å². The average Bonchev–Trinajstić information content (AvgIpc) is 2.59. The zero-order valence-electron chi connectivity index (χ0n) is 13.5. The Labute approximate surface area is 139 Å². The van der Waals surface area contributed by atoms with Crippen molar-refractivity contribution in [3.05, 3.63) is 47.8 Å². The lowest BCUT2D eigenvalue weighted by atomic mass is 10.2. The number of carbonyl (C=O) groups excluding carboxylic acids is 1. The summed E-state index contributed by atoms with van der Waals surface area (Å²) >= 11 is 0. The van der Waals surface area contributed by atoms with Gasteiger partial charge in [-0.15, -0.1) is 0 Å². The number of nitrogens with two attached hydrogens (primary N) is 1. The van der Waals surface area contributed by atoms with Crippen LogP contribution in [0.25, 0.3) is 0 Å². The molecule has 7 nitrogen and oxygen atoms in total. The van der Waals surface area contributed by atoms with Gasteiger partial charge in [-0.3, -0.25) is 5.32 Å². The third kappa shape index (κ3) is 6.09. The van der Waals surface area contributed by atoms with Gasteiger partial charge in [-0.25, -0.2) is 14.2 Å². The third-order valence-corrected chi connectivity index (χ3v) is 2.82. The minimum absolute atomic E-state index is 0.178. The first kappa shape index (κ1) is 19.2. The minimum atomic E-state index is -0.581. The molecule has 0 atom stereocenters. The van der Waals surface area contributed by atoms with Crippen LogP contribution in [0.2, 0.25) is 0 Å². The molecular formula is C16H21FN4O3. The number of anilines is 3. The maximum atomic E-state index is 12.8. The maximum Gasteiger partial charge on any atom is 0.411 e. The number of aromatic nitrogens is 1. The SMILES string of the molecule is CCOC(=O)Nc1ccc(NCc2ccc(F)cc2)nc1N.CO. The molecule has 1 aromatic carbocycles. The summed E-state index contributed by atoms with van der Waals surface area (Å²) in [6, 6.07) is 9.47. The smallest absolute Gasteiger partial charge is 0.411 e. The van der Waals surface area contributed by atoms with Gasteiger partial charge in [0.25, 0.3) is 0 Å². The van der Waals surface area contributed by atoms with Crippen LogP contribution >= 0.6 is 0 Å². The molecule has 1 amide bonds. The first-order valence-electron chi connectivity index (χ1n) is 7.22. The highest BCUT2D eigenvalue weighted by Crippen LogP contribution is 2.19. The van der Waals surface area contributed by atoms with E-state index < -0.39 is 6.09 Å². The Kier molecular flexibility index (Phi) is 8.00. The molecule has 2 aromatic rings. The van der Waals surface area contributed by atoms with Crippen molar-refractivity contribution < 1.29 is 19.0 Å². The predicted octanol–water partition coefficient (Wildman–Crippen LogP) is 2.59. The molecule has 0 unspecified atom stereocenters. The second kappa shape index (κ2) is 10.0. The van der Waals surface area contributed by atoms with Crippen LogP contribution in [-0.2, 0) is 11.3 Å². The lowest BCUT2D eigenvalue weighted by Crippen LogP contribution is -2.15. The summed E-state index contributed by atoms with van der Waals surface area (Å²) < 4.78 is 17.6. The molecule has 0 aliphatic rings. The summed E-state index contributed by atoms with van der Waals surface area (Å²) in [6.45, 7) is 2.47.